The molecule has 3 aromatic carbocycles. The molecule has 1 aliphatic heterocycles. The van der Waals surface area contributed by atoms with Crippen LogP contribution in [-0.4, -0.2) is 32.3 Å². The Morgan fingerprint density at radius 3 is 2.46 bits per heavy atom. The van der Waals surface area contributed by atoms with Gasteiger partial charge in [0.25, 0.3) is 5.56 Å². The van der Waals surface area contributed by atoms with Crippen LogP contribution < -0.4 is 29.9 Å². The van der Waals surface area contributed by atoms with Gasteiger partial charge in [0.05, 0.1) is 44.2 Å². The van der Waals surface area contributed by atoms with Crippen LogP contribution >= 0.6 is 0 Å². The van der Waals surface area contributed by atoms with E-state index in [0.717, 1.165) is 5.39 Å². The van der Waals surface area contributed by atoms with E-state index in [1.54, 1.807) is 55.6 Å². The van der Waals surface area contributed by atoms with Gasteiger partial charge >= 0.3 is 5.97 Å². The zero-order valence-electron chi connectivity index (χ0n) is 21.3. The SMILES string of the molecule is COc1ccc2cc([C@@H]3CC(=O)Oc4ccc5c(=O)c(-c6ccc(OC)c(OC)c6)coc5c43)c(=O)[nH]c2c1. The van der Waals surface area contributed by atoms with Crippen molar-refractivity contribution in [2.45, 2.75) is 12.3 Å². The highest BCUT2D eigenvalue weighted by Gasteiger charge is 2.34. The topological polar surface area (TPSA) is 117 Å². The zero-order chi connectivity index (χ0) is 27.3. The van der Waals surface area contributed by atoms with E-state index in [4.69, 9.17) is 23.4 Å². The Kier molecular flexibility index (Phi) is 5.83. The lowest BCUT2D eigenvalue weighted by atomic mass is 9.85. The molecule has 0 radical (unpaired) electrons. The monoisotopic (exact) mass is 525 g/mol. The van der Waals surface area contributed by atoms with Crippen molar-refractivity contribution in [2.75, 3.05) is 21.3 Å². The van der Waals surface area contributed by atoms with E-state index in [0.29, 0.717) is 50.4 Å². The van der Waals surface area contributed by atoms with Crippen LogP contribution in [0.5, 0.6) is 23.0 Å². The van der Waals surface area contributed by atoms with Crippen molar-refractivity contribution >= 4 is 27.8 Å². The van der Waals surface area contributed by atoms with Gasteiger partial charge in [0.2, 0.25) is 5.43 Å². The van der Waals surface area contributed by atoms with Gasteiger partial charge in [0.1, 0.15) is 23.3 Å². The third-order valence-electron chi connectivity index (χ3n) is 7.03. The number of fused-ring (bicyclic) bond motifs is 4. The quantitative estimate of drug-likeness (QED) is 0.258. The first kappa shape index (κ1) is 24.3. The van der Waals surface area contributed by atoms with E-state index < -0.39 is 11.9 Å². The van der Waals surface area contributed by atoms with Crippen molar-refractivity contribution in [1.82, 2.24) is 4.98 Å². The van der Waals surface area contributed by atoms with E-state index in [1.165, 1.54) is 20.5 Å². The average Bonchev–Trinajstić information content (AvgIpc) is 2.95. The van der Waals surface area contributed by atoms with Gasteiger partial charge in [0.15, 0.2) is 11.5 Å². The molecular weight excluding hydrogens is 502 g/mol. The normalized spacial score (nSPS) is 14.6. The molecule has 2 aromatic heterocycles. The van der Waals surface area contributed by atoms with Crippen molar-refractivity contribution in [3.05, 3.63) is 92.6 Å². The van der Waals surface area contributed by atoms with Gasteiger partial charge in [-0.1, -0.05) is 6.07 Å². The van der Waals surface area contributed by atoms with Crippen LogP contribution in [0, 0.1) is 0 Å². The molecule has 1 atom stereocenters. The number of ether oxygens (including phenoxy) is 4. The Balaban J connectivity index is 1.54. The van der Waals surface area contributed by atoms with Gasteiger partial charge in [-0.15, -0.1) is 0 Å². The van der Waals surface area contributed by atoms with E-state index in [9.17, 15) is 14.4 Å². The number of rotatable bonds is 5. The van der Waals surface area contributed by atoms with Gasteiger partial charge in [-0.25, -0.2) is 0 Å². The number of carbonyl (C=O) groups is 1. The van der Waals surface area contributed by atoms with Crippen molar-refractivity contribution in [3.8, 4) is 34.1 Å². The van der Waals surface area contributed by atoms with Gasteiger partial charge in [-0.2, -0.15) is 0 Å². The molecule has 6 rings (SSSR count). The molecule has 1 aliphatic rings. The number of hydrogen-bond acceptors (Lipinski definition) is 8. The predicted molar refractivity (Wildman–Crippen MR) is 144 cm³/mol. The van der Waals surface area contributed by atoms with E-state index in [-0.39, 0.29) is 28.7 Å². The van der Waals surface area contributed by atoms with Gasteiger partial charge in [-0.05, 0) is 53.4 Å². The summed E-state index contributed by atoms with van der Waals surface area (Å²) in [4.78, 5) is 42.3. The predicted octanol–water partition coefficient (Wildman–Crippen LogP) is 4.77. The maximum atomic E-state index is 13.7. The molecule has 1 N–H and O–H groups in total. The first-order valence-corrected chi connectivity index (χ1v) is 12.1. The van der Waals surface area contributed by atoms with Crippen LogP contribution in [-0.2, 0) is 4.79 Å². The van der Waals surface area contributed by atoms with Crippen molar-refractivity contribution in [2.24, 2.45) is 0 Å². The molecule has 0 amide bonds. The van der Waals surface area contributed by atoms with Crippen LogP contribution in [0.15, 0.2) is 74.9 Å². The van der Waals surface area contributed by atoms with E-state index in [1.807, 2.05) is 6.07 Å². The number of benzene rings is 3. The number of hydrogen-bond donors (Lipinski definition) is 1. The highest BCUT2D eigenvalue weighted by atomic mass is 16.5. The summed E-state index contributed by atoms with van der Waals surface area (Å²) in [5.74, 6) is 0.695. The summed E-state index contributed by atoms with van der Waals surface area (Å²) in [7, 11) is 4.60. The summed E-state index contributed by atoms with van der Waals surface area (Å²) in [5, 5.41) is 1.06. The Morgan fingerprint density at radius 2 is 1.69 bits per heavy atom. The Hall–Kier alpha value is -5.05. The molecule has 0 unspecified atom stereocenters. The molecule has 0 spiro atoms. The number of esters is 1. The number of H-pyrrole nitrogens is 1. The molecule has 0 saturated carbocycles. The molecule has 0 saturated heterocycles. The van der Waals surface area contributed by atoms with E-state index >= 15 is 0 Å². The number of aromatic nitrogens is 1. The number of nitrogens with one attached hydrogen (secondary N) is 1. The maximum Gasteiger partial charge on any atom is 0.312 e. The summed E-state index contributed by atoms with van der Waals surface area (Å²) in [6.07, 6.45) is 1.29. The molecular formula is C30H23NO8. The van der Waals surface area contributed by atoms with Crippen LogP contribution in [0.3, 0.4) is 0 Å². The van der Waals surface area contributed by atoms with Gasteiger partial charge in [-0.3, -0.25) is 14.4 Å². The van der Waals surface area contributed by atoms with Crippen molar-refractivity contribution < 1.29 is 28.2 Å². The summed E-state index contributed by atoms with van der Waals surface area (Å²) in [6.45, 7) is 0. The fourth-order valence-corrected chi connectivity index (χ4v) is 5.11. The lowest BCUT2D eigenvalue weighted by Gasteiger charge is -2.25. The summed E-state index contributed by atoms with van der Waals surface area (Å²) >= 11 is 0. The molecule has 9 nitrogen and oxygen atoms in total. The summed E-state index contributed by atoms with van der Waals surface area (Å²) in [6, 6.07) is 15.4. The summed E-state index contributed by atoms with van der Waals surface area (Å²) in [5.41, 5.74) is 1.98. The highest BCUT2D eigenvalue weighted by Crippen LogP contribution is 2.42. The van der Waals surface area contributed by atoms with E-state index in [2.05, 4.69) is 4.98 Å². The standard InChI is InChI=1S/C30H23NO8/c1-35-17-6-4-16-10-20(30(34)31-22(16)12-17)19-13-26(32)39-24-9-7-18-28(33)21(14-38-29(18)27(19)24)15-5-8-23(36-2)25(11-15)37-3/h4-12,14,19H,13H2,1-3H3,(H,31,34)/t19-/m0/s1. The first-order valence-electron chi connectivity index (χ1n) is 12.1. The molecule has 9 heteroatoms. The lowest BCUT2D eigenvalue weighted by molar-refractivity contribution is -0.135. The molecule has 39 heavy (non-hydrogen) atoms. The van der Waals surface area contributed by atoms with Gasteiger partial charge < -0.3 is 28.3 Å². The Bertz CT molecular complexity index is 1900. The third-order valence-corrected chi connectivity index (χ3v) is 7.03. The minimum atomic E-state index is -0.685. The van der Waals surface area contributed by atoms with Crippen LogP contribution in [0.2, 0.25) is 0 Å². The Labute approximate surface area is 221 Å². The molecule has 0 fully saturated rings. The molecule has 196 valence electrons. The minimum absolute atomic E-state index is 0.0853. The minimum Gasteiger partial charge on any atom is -0.497 e. The van der Waals surface area contributed by atoms with Gasteiger partial charge in [0, 0.05) is 23.1 Å². The maximum absolute atomic E-state index is 13.7. The number of aromatic amines is 1. The average molecular weight is 526 g/mol. The van der Waals surface area contributed by atoms with Crippen LogP contribution in [0.25, 0.3) is 33.0 Å². The second-order valence-electron chi connectivity index (χ2n) is 9.14. The Morgan fingerprint density at radius 1 is 0.872 bits per heavy atom. The zero-order valence-corrected chi connectivity index (χ0v) is 21.3. The number of carbonyl (C=O) groups excluding carboxylic acids is 1. The second kappa shape index (κ2) is 9.36. The van der Waals surface area contributed by atoms with Crippen LogP contribution in [0.4, 0.5) is 0 Å². The lowest BCUT2D eigenvalue weighted by Crippen LogP contribution is -2.26. The second-order valence-corrected chi connectivity index (χ2v) is 9.14. The molecule has 0 aliphatic carbocycles. The molecule has 5 aromatic rings. The third kappa shape index (κ3) is 3.99. The molecule has 0 bridgehead atoms. The van der Waals surface area contributed by atoms with Crippen molar-refractivity contribution in [3.63, 3.8) is 0 Å². The first-order chi connectivity index (χ1) is 18.9. The van der Waals surface area contributed by atoms with Crippen molar-refractivity contribution in [1.29, 1.82) is 0 Å². The smallest absolute Gasteiger partial charge is 0.312 e. The number of pyridine rings is 1. The fraction of sp³-hybridized carbons (Fsp3) is 0.167. The highest BCUT2D eigenvalue weighted by molar-refractivity contribution is 5.91. The van der Waals surface area contributed by atoms with Crippen LogP contribution in [0.1, 0.15) is 23.5 Å². The number of methoxy groups -OCH3 is 3. The fourth-order valence-electron chi connectivity index (χ4n) is 5.11. The summed E-state index contributed by atoms with van der Waals surface area (Å²) < 4.78 is 27.5. The largest absolute Gasteiger partial charge is 0.497 e. The molecule has 3 heterocycles.